The van der Waals surface area contributed by atoms with Gasteiger partial charge in [-0.15, -0.1) is 0 Å². The molecule has 0 spiro atoms. The van der Waals surface area contributed by atoms with Crippen molar-refractivity contribution in [2.24, 2.45) is 0 Å². The van der Waals surface area contributed by atoms with Gasteiger partial charge in [-0.05, 0) is 36.0 Å². The Bertz CT molecular complexity index is 499. The van der Waals surface area contributed by atoms with Gasteiger partial charge in [-0.1, -0.05) is 18.2 Å². The highest BCUT2D eigenvalue weighted by molar-refractivity contribution is 5.77. The fourth-order valence-corrected chi connectivity index (χ4v) is 2.38. The van der Waals surface area contributed by atoms with Crippen molar-refractivity contribution in [1.29, 1.82) is 0 Å². The molecule has 3 nitrogen and oxygen atoms in total. The number of nitrogens with two attached hydrogens (primary N) is 1. The summed E-state index contributed by atoms with van der Waals surface area (Å²) in [5, 5.41) is 6.76. The quantitative estimate of drug-likeness (QED) is 0.739. The molecule has 3 heteroatoms. The number of hydrogen-bond acceptors (Lipinski definition) is 2. The number of H-pyrrole nitrogens is 1. The van der Waals surface area contributed by atoms with Crippen LogP contribution in [0.1, 0.15) is 17.5 Å². The summed E-state index contributed by atoms with van der Waals surface area (Å²) in [4.78, 5) is 0. The van der Waals surface area contributed by atoms with E-state index in [1.807, 2.05) is 6.20 Å². The summed E-state index contributed by atoms with van der Waals surface area (Å²) in [6.07, 6.45) is 5.42. The molecule has 0 fully saturated rings. The molecule has 1 heterocycles. The zero-order chi connectivity index (χ0) is 10.3. The Kier molecular flexibility index (Phi) is 1.78. The van der Waals surface area contributed by atoms with Crippen molar-refractivity contribution < 1.29 is 0 Å². The van der Waals surface area contributed by atoms with Gasteiger partial charge in [-0.25, -0.2) is 0 Å². The van der Waals surface area contributed by atoms with Gasteiger partial charge in [0.25, 0.3) is 0 Å². The predicted molar refractivity (Wildman–Crippen MR) is 60.5 cm³/mol. The van der Waals surface area contributed by atoms with Crippen LogP contribution < -0.4 is 5.73 Å². The normalized spacial score (nSPS) is 14.1. The Morgan fingerprint density at radius 1 is 1.20 bits per heavy atom. The second-order valence-electron chi connectivity index (χ2n) is 3.99. The SMILES string of the molecule is Nc1[nH]ncc1-c1cccc2c1CCC2. The first-order chi connectivity index (χ1) is 7.36. The first kappa shape index (κ1) is 8.53. The molecule has 0 saturated heterocycles. The number of nitrogens with one attached hydrogen (secondary N) is 1. The second-order valence-corrected chi connectivity index (χ2v) is 3.99. The van der Waals surface area contributed by atoms with Gasteiger partial charge in [0.2, 0.25) is 0 Å². The van der Waals surface area contributed by atoms with E-state index >= 15 is 0 Å². The zero-order valence-electron chi connectivity index (χ0n) is 8.46. The number of fused-ring (bicyclic) bond motifs is 1. The minimum Gasteiger partial charge on any atom is -0.384 e. The van der Waals surface area contributed by atoms with Crippen LogP contribution in [0.4, 0.5) is 5.82 Å². The maximum absolute atomic E-state index is 5.85. The van der Waals surface area contributed by atoms with E-state index in [1.54, 1.807) is 0 Å². The van der Waals surface area contributed by atoms with Crippen LogP contribution in [-0.2, 0) is 12.8 Å². The second kappa shape index (κ2) is 3.12. The van der Waals surface area contributed by atoms with Crippen molar-refractivity contribution in [2.75, 3.05) is 5.73 Å². The van der Waals surface area contributed by atoms with E-state index in [2.05, 4.69) is 28.4 Å². The van der Waals surface area contributed by atoms with Crippen LogP contribution in [-0.4, -0.2) is 10.2 Å². The summed E-state index contributed by atoms with van der Waals surface area (Å²) < 4.78 is 0. The van der Waals surface area contributed by atoms with Crippen LogP contribution in [0.5, 0.6) is 0 Å². The summed E-state index contributed by atoms with van der Waals surface area (Å²) in [7, 11) is 0. The highest BCUT2D eigenvalue weighted by Crippen LogP contribution is 2.33. The predicted octanol–water partition coefficient (Wildman–Crippen LogP) is 2.15. The van der Waals surface area contributed by atoms with Gasteiger partial charge in [0.05, 0.1) is 6.20 Å². The van der Waals surface area contributed by atoms with Crippen LogP contribution in [0.3, 0.4) is 0 Å². The largest absolute Gasteiger partial charge is 0.384 e. The van der Waals surface area contributed by atoms with Gasteiger partial charge in [0.15, 0.2) is 0 Å². The van der Waals surface area contributed by atoms with Crippen molar-refractivity contribution in [3.8, 4) is 11.1 Å². The van der Waals surface area contributed by atoms with Crippen molar-refractivity contribution in [3.63, 3.8) is 0 Å². The molecule has 15 heavy (non-hydrogen) atoms. The first-order valence-electron chi connectivity index (χ1n) is 5.26. The molecule has 0 atom stereocenters. The maximum atomic E-state index is 5.85. The Morgan fingerprint density at radius 2 is 2.13 bits per heavy atom. The number of nitrogens with zero attached hydrogens (tertiary/aromatic N) is 1. The Hall–Kier alpha value is -1.77. The van der Waals surface area contributed by atoms with E-state index in [4.69, 9.17) is 5.73 Å². The number of aromatic amines is 1. The molecular formula is C12H13N3. The molecule has 0 amide bonds. The number of aromatic nitrogens is 2. The third-order valence-corrected chi connectivity index (χ3v) is 3.10. The monoisotopic (exact) mass is 199 g/mol. The number of anilines is 1. The van der Waals surface area contributed by atoms with E-state index in [1.165, 1.54) is 29.5 Å². The third-order valence-electron chi connectivity index (χ3n) is 3.10. The lowest BCUT2D eigenvalue weighted by molar-refractivity contribution is 0.912. The van der Waals surface area contributed by atoms with Gasteiger partial charge in [-0.2, -0.15) is 5.10 Å². The highest BCUT2D eigenvalue weighted by Gasteiger charge is 2.16. The summed E-state index contributed by atoms with van der Waals surface area (Å²) in [5.41, 5.74) is 11.0. The van der Waals surface area contributed by atoms with Crippen LogP contribution in [0, 0.1) is 0 Å². The maximum Gasteiger partial charge on any atom is 0.126 e. The summed E-state index contributed by atoms with van der Waals surface area (Å²) in [6, 6.07) is 6.44. The van der Waals surface area contributed by atoms with E-state index in [0.717, 1.165) is 12.0 Å². The first-order valence-corrected chi connectivity index (χ1v) is 5.26. The van der Waals surface area contributed by atoms with Gasteiger partial charge in [0, 0.05) is 5.56 Å². The van der Waals surface area contributed by atoms with Crippen molar-refractivity contribution >= 4 is 5.82 Å². The minimum absolute atomic E-state index is 0.662. The van der Waals surface area contributed by atoms with Gasteiger partial charge in [-0.3, -0.25) is 5.10 Å². The Balaban J connectivity index is 2.21. The lowest BCUT2D eigenvalue weighted by Crippen LogP contribution is -1.91. The topological polar surface area (TPSA) is 54.7 Å². The fourth-order valence-electron chi connectivity index (χ4n) is 2.38. The van der Waals surface area contributed by atoms with Crippen LogP contribution in [0.15, 0.2) is 24.4 Å². The molecule has 3 N–H and O–H groups in total. The van der Waals surface area contributed by atoms with Crippen molar-refractivity contribution in [1.82, 2.24) is 10.2 Å². The molecule has 0 radical (unpaired) electrons. The molecule has 76 valence electrons. The Morgan fingerprint density at radius 3 is 2.93 bits per heavy atom. The molecule has 3 rings (SSSR count). The fraction of sp³-hybridized carbons (Fsp3) is 0.250. The Labute approximate surface area is 88.3 Å². The highest BCUT2D eigenvalue weighted by atomic mass is 15.1. The number of rotatable bonds is 1. The molecule has 1 aliphatic rings. The lowest BCUT2D eigenvalue weighted by atomic mass is 9.99. The molecule has 1 aliphatic carbocycles. The van der Waals surface area contributed by atoms with E-state index < -0.39 is 0 Å². The summed E-state index contributed by atoms with van der Waals surface area (Å²) in [6.45, 7) is 0. The molecule has 0 unspecified atom stereocenters. The molecule has 2 aromatic rings. The molecular weight excluding hydrogens is 186 g/mol. The van der Waals surface area contributed by atoms with Crippen LogP contribution in [0.2, 0.25) is 0 Å². The summed E-state index contributed by atoms with van der Waals surface area (Å²) in [5.74, 6) is 0.662. The average Bonchev–Trinajstić information content (AvgIpc) is 2.85. The standard InChI is InChI=1S/C12H13N3/c13-12-11(7-14-15-12)10-6-2-4-8-3-1-5-9(8)10/h2,4,6-7H,1,3,5H2,(H3,13,14,15). The zero-order valence-corrected chi connectivity index (χ0v) is 8.46. The van der Waals surface area contributed by atoms with Crippen LogP contribution >= 0.6 is 0 Å². The number of benzene rings is 1. The number of aryl methyl sites for hydroxylation is 1. The van der Waals surface area contributed by atoms with E-state index in [9.17, 15) is 0 Å². The van der Waals surface area contributed by atoms with Crippen molar-refractivity contribution in [3.05, 3.63) is 35.5 Å². The van der Waals surface area contributed by atoms with E-state index in [0.29, 0.717) is 5.82 Å². The molecule has 0 saturated carbocycles. The van der Waals surface area contributed by atoms with Gasteiger partial charge >= 0.3 is 0 Å². The summed E-state index contributed by atoms with van der Waals surface area (Å²) >= 11 is 0. The van der Waals surface area contributed by atoms with Crippen molar-refractivity contribution in [2.45, 2.75) is 19.3 Å². The van der Waals surface area contributed by atoms with Gasteiger partial charge < -0.3 is 5.73 Å². The smallest absolute Gasteiger partial charge is 0.126 e. The average molecular weight is 199 g/mol. The van der Waals surface area contributed by atoms with Crippen LogP contribution in [0.25, 0.3) is 11.1 Å². The molecule has 0 aliphatic heterocycles. The number of hydrogen-bond donors (Lipinski definition) is 2. The molecule has 1 aromatic heterocycles. The molecule has 1 aromatic carbocycles. The lowest BCUT2D eigenvalue weighted by Gasteiger charge is -2.06. The molecule has 0 bridgehead atoms. The minimum atomic E-state index is 0.662. The third kappa shape index (κ3) is 1.23. The van der Waals surface area contributed by atoms with E-state index in [-0.39, 0.29) is 0 Å². The van der Waals surface area contributed by atoms with Gasteiger partial charge in [0.1, 0.15) is 5.82 Å². The number of nitrogen functional groups attached to an aromatic ring is 1.